The zero-order valence-electron chi connectivity index (χ0n) is 15.8. The zero-order chi connectivity index (χ0) is 20.7. The van der Waals surface area contributed by atoms with Crippen LogP contribution in [0.5, 0.6) is 0 Å². The van der Waals surface area contributed by atoms with Gasteiger partial charge in [-0.2, -0.15) is 0 Å². The minimum atomic E-state index is -0.415. The van der Waals surface area contributed by atoms with Gasteiger partial charge in [-0.3, -0.25) is 14.6 Å². The number of amides is 2. The van der Waals surface area contributed by atoms with Gasteiger partial charge in [-0.15, -0.1) is 0 Å². The number of halogens is 1. The molecule has 3 aromatic carbocycles. The van der Waals surface area contributed by atoms with Gasteiger partial charge in [0.15, 0.2) is 0 Å². The van der Waals surface area contributed by atoms with Crippen LogP contribution in [0, 0.1) is 5.82 Å². The molecular weight excluding hydrogens is 381 g/mol. The van der Waals surface area contributed by atoms with Crippen LogP contribution in [0.4, 0.5) is 10.1 Å². The number of carbonyl (C=O) groups excluding carboxylic acids is 2. The second kappa shape index (κ2) is 7.08. The van der Waals surface area contributed by atoms with Crippen molar-refractivity contribution >= 4 is 28.4 Å². The Morgan fingerprint density at radius 1 is 1.03 bits per heavy atom. The fourth-order valence-electron chi connectivity index (χ4n) is 3.76. The molecule has 0 spiro atoms. The Bertz CT molecular complexity index is 1320. The maximum Gasteiger partial charge on any atom is 0.255 e. The first-order valence-electron chi connectivity index (χ1n) is 9.46. The van der Waals surface area contributed by atoms with Crippen LogP contribution in [0.2, 0.25) is 0 Å². The summed E-state index contributed by atoms with van der Waals surface area (Å²) in [5, 5.41) is 6.63. The number of carbonyl (C=O) groups is 2. The summed E-state index contributed by atoms with van der Waals surface area (Å²) < 4.78 is 13.1. The van der Waals surface area contributed by atoms with E-state index in [-0.39, 0.29) is 5.91 Å². The summed E-state index contributed by atoms with van der Waals surface area (Å²) in [6, 6.07) is 18.7. The number of pyridine rings is 1. The van der Waals surface area contributed by atoms with E-state index in [1.165, 1.54) is 24.3 Å². The van der Waals surface area contributed by atoms with Crippen LogP contribution in [0.15, 0.2) is 72.9 Å². The maximum absolute atomic E-state index is 13.1. The molecule has 146 valence electrons. The molecule has 0 unspecified atom stereocenters. The fraction of sp³-hybridized carbons (Fsp3) is 0.0417. The maximum atomic E-state index is 13.1. The van der Waals surface area contributed by atoms with Gasteiger partial charge in [0.05, 0.1) is 16.8 Å². The molecule has 1 aromatic heterocycles. The Morgan fingerprint density at radius 2 is 1.87 bits per heavy atom. The highest BCUT2D eigenvalue weighted by Crippen LogP contribution is 2.35. The molecule has 1 aliphatic rings. The van der Waals surface area contributed by atoms with Gasteiger partial charge in [0.2, 0.25) is 0 Å². The number of nitrogens with zero attached hydrogens (tertiary/aromatic N) is 1. The summed E-state index contributed by atoms with van der Waals surface area (Å²) in [5.41, 5.74) is 4.83. The fourth-order valence-corrected chi connectivity index (χ4v) is 3.76. The SMILES string of the molecule is O=C(Nc1ccc(-c2ccc3ncccc3c2)c2c1C(=O)NC2)c1ccc(F)cc1. The predicted octanol–water partition coefficient (Wildman–Crippen LogP) is 4.54. The molecule has 5 rings (SSSR count). The Morgan fingerprint density at radius 3 is 2.70 bits per heavy atom. The van der Waals surface area contributed by atoms with Crippen molar-refractivity contribution in [3.63, 3.8) is 0 Å². The number of rotatable bonds is 3. The van der Waals surface area contributed by atoms with Crippen molar-refractivity contribution in [3.05, 3.63) is 95.4 Å². The van der Waals surface area contributed by atoms with E-state index in [0.717, 1.165) is 27.6 Å². The highest BCUT2D eigenvalue weighted by atomic mass is 19.1. The molecule has 5 nitrogen and oxygen atoms in total. The van der Waals surface area contributed by atoms with Gasteiger partial charge >= 0.3 is 0 Å². The highest BCUT2D eigenvalue weighted by Gasteiger charge is 2.27. The van der Waals surface area contributed by atoms with Crippen LogP contribution in [0.25, 0.3) is 22.0 Å². The lowest BCUT2D eigenvalue weighted by atomic mass is 9.94. The van der Waals surface area contributed by atoms with Crippen molar-refractivity contribution < 1.29 is 14.0 Å². The summed E-state index contributed by atoms with van der Waals surface area (Å²) in [5.74, 6) is -1.05. The molecule has 30 heavy (non-hydrogen) atoms. The van der Waals surface area contributed by atoms with E-state index in [2.05, 4.69) is 15.6 Å². The third-order valence-corrected chi connectivity index (χ3v) is 5.23. The number of hydrogen-bond acceptors (Lipinski definition) is 3. The zero-order valence-corrected chi connectivity index (χ0v) is 15.8. The Kier molecular flexibility index (Phi) is 4.25. The second-order valence-corrected chi connectivity index (χ2v) is 7.07. The van der Waals surface area contributed by atoms with Crippen LogP contribution >= 0.6 is 0 Å². The minimum absolute atomic E-state index is 0.233. The monoisotopic (exact) mass is 397 g/mol. The van der Waals surface area contributed by atoms with Crippen LogP contribution < -0.4 is 10.6 Å². The number of aromatic nitrogens is 1. The van der Waals surface area contributed by atoms with Gasteiger partial charge < -0.3 is 10.6 Å². The summed E-state index contributed by atoms with van der Waals surface area (Å²) >= 11 is 0. The van der Waals surface area contributed by atoms with Gasteiger partial charge in [0.25, 0.3) is 11.8 Å². The summed E-state index contributed by atoms with van der Waals surface area (Å²) in [6.45, 7) is 0.384. The molecule has 0 fully saturated rings. The lowest BCUT2D eigenvalue weighted by Crippen LogP contribution is -2.17. The number of fused-ring (bicyclic) bond motifs is 2. The second-order valence-electron chi connectivity index (χ2n) is 7.07. The summed E-state index contributed by atoms with van der Waals surface area (Å²) in [6.07, 6.45) is 1.75. The van der Waals surface area contributed by atoms with Crippen LogP contribution in [-0.2, 0) is 6.54 Å². The van der Waals surface area contributed by atoms with Crippen molar-refractivity contribution in [1.29, 1.82) is 0 Å². The van der Waals surface area contributed by atoms with Gasteiger partial charge in [0, 0.05) is 23.7 Å². The lowest BCUT2D eigenvalue weighted by Gasteiger charge is -2.13. The van der Waals surface area contributed by atoms with Crippen LogP contribution in [-0.4, -0.2) is 16.8 Å². The third kappa shape index (κ3) is 3.08. The molecule has 0 aliphatic carbocycles. The van der Waals surface area contributed by atoms with Crippen LogP contribution in [0.1, 0.15) is 26.3 Å². The number of hydrogen-bond donors (Lipinski definition) is 2. The molecule has 0 radical (unpaired) electrons. The van der Waals surface area contributed by atoms with E-state index in [9.17, 15) is 14.0 Å². The van der Waals surface area contributed by atoms with Gasteiger partial charge in [-0.05, 0) is 65.2 Å². The van der Waals surface area contributed by atoms with Crippen molar-refractivity contribution in [3.8, 4) is 11.1 Å². The van der Waals surface area contributed by atoms with Crippen molar-refractivity contribution in [1.82, 2.24) is 10.3 Å². The molecule has 0 saturated carbocycles. The molecule has 4 aromatic rings. The Hall–Kier alpha value is -4.06. The van der Waals surface area contributed by atoms with E-state index in [4.69, 9.17) is 0 Å². The number of nitrogens with one attached hydrogen (secondary N) is 2. The average Bonchev–Trinajstić information content (AvgIpc) is 3.16. The highest BCUT2D eigenvalue weighted by molar-refractivity contribution is 6.11. The van der Waals surface area contributed by atoms with E-state index in [0.29, 0.717) is 23.4 Å². The Labute approximate surface area is 171 Å². The standard InChI is InChI=1S/C24H16FN3O2/c25-17-6-3-14(4-7-17)23(29)28-21-10-8-18(19-13-27-24(30)22(19)21)15-5-9-20-16(12-15)2-1-11-26-20/h1-12H,13H2,(H,27,30)(H,28,29). The lowest BCUT2D eigenvalue weighted by molar-refractivity contribution is 0.0966. The average molecular weight is 397 g/mol. The molecular formula is C24H16FN3O2. The quantitative estimate of drug-likeness (QED) is 0.533. The first kappa shape index (κ1) is 18.0. The Balaban J connectivity index is 1.55. The number of anilines is 1. The number of benzene rings is 3. The normalized spacial score (nSPS) is 12.5. The molecule has 0 atom stereocenters. The smallest absolute Gasteiger partial charge is 0.255 e. The third-order valence-electron chi connectivity index (χ3n) is 5.23. The van der Waals surface area contributed by atoms with Crippen LogP contribution in [0.3, 0.4) is 0 Å². The molecule has 6 heteroatoms. The molecule has 0 bridgehead atoms. The largest absolute Gasteiger partial charge is 0.348 e. The van der Waals surface area contributed by atoms with Crippen molar-refractivity contribution in [2.75, 3.05) is 5.32 Å². The molecule has 2 heterocycles. The topological polar surface area (TPSA) is 71.1 Å². The van der Waals surface area contributed by atoms with Gasteiger partial charge in [0.1, 0.15) is 5.82 Å². The van der Waals surface area contributed by atoms with E-state index in [1.807, 2.05) is 36.4 Å². The van der Waals surface area contributed by atoms with Crippen molar-refractivity contribution in [2.24, 2.45) is 0 Å². The minimum Gasteiger partial charge on any atom is -0.348 e. The van der Waals surface area contributed by atoms with Gasteiger partial charge in [-0.1, -0.05) is 18.2 Å². The summed E-state index contributed by atoms with van der Waals surface area (Å²) in [4.78, 5) is 29.4. The first-order valence-corrected chi connectivity index (χ1v) is 9.46. The molecule has 2 N–H and O–H groups in total. The molecule has 1 aliphatic heterocycles. The van der Waals surface area contributed by atoms with Crippen molar-refractivity contribution in [2.45, 2.75) is 6.54 Å². The van der Waals surface area contributed by atoms with E-state index < -0.39 is 11.7 Å². The first-order chi connectivity index (χ1) is 14.6. The van der Waals surface area contributed by atoms with E-state index >= 15 is 0 Å². The molecule has 2 amide bonds. The molecule has 0 saturated heterocycles. The predicted molar refractivity (Wildman–Crippen MR) is 113 cm³/mol. The summed E-state index contributed by atoms with van der Waals surface area (Å²) in [7, 11) is 0. The van der Waals surface area contributed by atoms with Gasteiger partial charge in [-0.25, -0.2) is 4.39 Å². The van der Waals surface area contributed by atoms with E-state index in [1.54, 1.807) is 12.3 Å².